The summed E-state index contributed by atoms with van der Waals surface area (Å²) in [5, 5.41) is 0. The van der Waals surface area contributed by atoms with Crippen LogP contribution in [-0.4, -0.2) is 0 Å². The van der Waals surface area contributed by atoms with Crippen molar-refractivity contribution >= 4 is 0 Å². The van der Waals surface area contributed by atoms with Crippen molar-refractivity contribution in [2.75, 3.05) is 0 Å². The molecule has 0 aliphatic carbocycles. The van der Waals surface area contributed by atoms with Crippen molar-refractivity contribution in [1.29, 1.82) is 0 Å². The first kappa shape index (κ1) is 15.8. The summed E-state index contributed by atoms with van der Waals surface area (Å²) >= 11 is -6.00. The van der Waals surface area contributed by atoms with Gasteiger partial charge in [0.15, 0.2) is 0 Å². The van der Waals surface area contributed by atoms with Crippen molar-refractivity contribution in [3.8, 4) is 0 Å². The van der Waals surface area contributed by atoms with E-state index in [4.69, 9.17) is 14.8 Å². The number of hydrogen-bond donors (Lipinski definition) is 0. The van der Waals surface area contributed by atoms with Gasteiger partial charge < -0.3 is 0 Å². The van der Waals surface area contributed by atoms with Gasteiger partial charge in [-0.1, -0.05) is 0 Å². The summed E-state index contributed by atoms with van der Waals surface area (Å²) < 4.78 is 34.5. The normalized spacial score (nSPS) is 8.57. The van der Waals surface area contributed by atoms with E-state index in [1.54, 1.807) is 0 Å². The molecule has 0 bridgehead atoms. The average Bonchev–Trinajstić information content (AvgIpc) is 0.722. The Hall–Kier alpha value is 1.59. The van der Waals surface area contributed by atoms with E-state index in [1.807, 2.05) is 0 Å². The molecule has 7 heavy (non-hydrogen) atoms. The van der Waals surface area contributed by atoms with Gasteiger partial charge >= 0.3 is 67.0 Å². The summed E-state index contributed by atoms with van der Waals surface area (Å²) in [7, 11) is 0. The molecule has 0 atom stereocenters. The summed E-state index contributed by atoms with van der Waals surface area (Å²) in [5.41, 5.74) is 0. The van der Waals surface area contributed by atoms with E-state index in [9.17, 15) is 0 Å². The molecule has 0 N–H and O–H groups in total. The topological polar surface area (TPSA) is 92.2 Å². The fourth-order valence-electron chi connectivity index (χ4n) is 0. The van der Waals surface area contributed by atoms with E-state index >= 15 is 0 Å². The first-order valence-corrected chi connectivity index (χ1v) is 3.37. The summed E-state index contributed by atoms with van der Waals surface area (Å²) in [6, 6.07) is 0. The molecule has 0 aromatic rings. The predicted molar refractivity (Wildman–Crippen MR) is 0 cm³/mol. The average molecular weight is 222 g/mol. The molecule has 0 saturated carbocycles. The predicted octanol–water partition coefficient (Wildman–Crippen LogP) is -4.76. The molecule has 0 fully saturated rings. The van der Waals surface area contributed by atoms with E-state index in [2.05, 4.69) is 0 Å². The van der Waals surface area contributed by atoms with Crippen LogP contribution in [0.15, 0.2) is 0 Å². The van der Waals surface area contributed by atoms with Crippen molar-refractivity contribution in [3.63, 3.8) is 0 Å². The number of hydrogen-bond acceptors (Lipinski definition) is 4. The number of rotatable bonds is 0. The molecule has 0 aliphatic rings. The molecule has 0 unspecified atom stereocenters. The Morgan fingerprint density at radius 2 is 0.714 bits per heavy atom. The third-order valence-electron chi connectivity index (χ3n) is 0. The third-order valence-corrected chi connectivity index (χ3v) is 0. The van der Waals surface area contributed by atoms with Crippen LogP contribution in [0.25, 0.3) is 0 Å². The zero-order valence-corrected chi connectivity index (χ0v) is 6.81. The Kier molecular flexibility index (Phi) is 13.0. The summed E-state index contributed by atoms with van der Waals surface area (Å²) in [6.45, 7) is 0. The molecule has 42 valence electrons. The zero-order valence-electron chi connectivity index (χ0n) is 2.89. The van der Waals surface area contributed by atoms with Crippen LogP contribution in [0.2, 0.25) is 0 Å². The summed E-state index contributed by atoms with van der Waals surface area (Å²) in [6.07, 6.45) is 0. The molecule has 0 aromatic heterocycles. The van der Waals surface area contributed by atoms with E-state index in [1.165, 1.54) is 0 Å². The van der Waals surface area contributed by atoms with Crippen LogP contribution in [-0.2, 0) is 52.3 Å². The maximum absolute atomic E-state index is 8.62. The zero-order chi connectivity index (χ0) is 4.50. The van der Waals surface area contributed by atoms with Gasteiger partial charge in [-0.3, -0.25) is 0 Å². The van der Waals surface area contributed by atoms with Crippen molar-refractivity contribution in [2.24, 2.45) is 0 Å². The molecule has 0 aromatic carbocycles. The van der Waals surface area contributed by atoms with Crippen LogP contribution in [0.5, 0.6) is 0 Å². The SMILES string of the molecule is [Mn+2].[Mn+2].[O-][Ti]([O-])([O-])[O-]. The minimum absolute atomic E-state index is 0. The van der Waals surface area contributed by atoms with Crippen LogP contribution < -0.4 is 14.8 Å². The van der Waals surface area contributed by atoms with Gasteiger partial charge in [0, 0.05) is 0 Å². The van der Waals surface area contributed by atoms with Crippen LogP contribution in [0.3, 0.4) is 0 Å². The fraction of sp³-hybridized carbons (Fsp3) is 0. The Balaban J connectivity index is -0.0000000800. The fourth-order valence-corrected chi connectivity index (χ4v) is 0. The van der Waals surface area contributed by atoms with Gasteiger partial charge in [0.1, 0.15) is 0 Å². The molecule has 0 rings (SSSR count). The van der Waals surface area contributed by atoms with Gasteiger partial charge in [-0.15, -0.1) is 0 Å². The molecule has 0 aliphatic heterocycles. The van der Waals surface area contributed by atoms with Gasteiger partial charge in [-0.05, 0) is 0 Å². The Labute approximate surface area is 66.8 Å². The van der Waals surface area contributed by atoms with Crippen LogP contribution in [0.4, 0.5) is 0 Å². The maximum atomic E-state index is 8.62. The molecule has 2 radical (unpaired) electrons. The van der Waals surface area contributed by atoms with Crippen molar-refractivity contribution in [1.82, 2.24) is 0 Å². The first-order valence-electron chi connectivity index (χ1n) is 0.816. The van der Waals surface area contributed by atoms with Gasteiger partial charge in [0.05, 0.1) is 0 Å². The van der Waals surface area contributed by atoms with Gasteiger partial charge in [-0.2, -0.15) is 0 Å². The molecule has 0 amide bonds. The van der Waals surface area contributed by atoms with Crippen LogP contribution in [0, 0.1) is 0 Å². The first-order chi connectivity index (χ1) is 2.00. The van der Waals surface area contributed by atoms with Gasteiger partial charge in [0.25, 0.3) is 0 Å². The van der Waals surface area contributed by atoms with E-state index in [-0.39, 0.29) is 34.1 Å². The second kappa shape index (κ2) is 5.72. The van der Waals surface area contributed by atoms with Crippen LogP contribution >= 0.6 is 0 Å². The Morgan fingerprint density at radius 1 is 0.714 bits per heavy atom. The molecule has 0 heterocycles. The van der Waals surface area contributed by atoms with Crippen molar-refractivity contribution in [2.45, 2.75) is 0 Å². The summed E-state index contributed by atoms with van der Waals surface area (Å²) in [5.74, 6) is 0. The molecule has 0 spiro atoms. The molecule has 0 saturated heterocycles. The Bertz CT molecular complexity index is 25.2. The molecular weight excluding hydrogens is 222 g/mol. The second-order valence-electron chi connectivity index (χ2n) is 0.500. The van der Waals surface area contributed by atoms with Gasteiger partial charge in [0.2, 0.25) is 0 Å². The van der Waals surface area contributed by atoms with Crippen molar-refractivity contribution < 1.29 is 67.0 Å². The molecule has 7 heteroatoms. The molecule has 4 nitrogen and oxygen atoms in total. The monoisotopic (exact) mass is 222 g/mol. The summed E-state index contributed by atoms with van der Waals surface area (Å²) in [4.78, 5) is 0. The van der Waals surface area contributed by atoms with E-state index in [0.29, 0.717) is 0 Å². The van der Waals surface area contributed by atoms with E-state index in [0.717, 1.165) is 0 Å². The third kappa shape index (κ3) is 93.6. The van der Waals surface area contributed by atoms with Gasteiger partial charge in [-0.25, -0.2) is 0 Å². The van der Waals surface area contributed by atoms with E-state index < -0.39 is 18.1 Å². The van der Waals surface area contributed by atoms with Crippen LogP contribution in [0.1, 0.15) is 0 Å². The standard InChI is InChI=1S/2Mn.4O.Ti/q2*+2;4*-1;. The molecular formula is Mn2O4Ti. The second-order valence-corrected chi connectivity index (χ2v) is 2.06. The Morgan fingerprint density at radius 3 is 0.714 bits per heavy atom. The van der Waals surface area contributed by atoms with Crippen molar-refractivity contribution in [3.05, 3.63) is 0 Å². The minimum atomic E-state index is -6.00. The quantitative estimate of drug-likeness (QED) is 0.384.